The molecule has 1 aromatic carbocycles. The van der Waals surface area contributed by atoms with Gasteiger partial charge in [-0.2, -0.15) is 0 Å². The minimum Gasteiger partial charge on any atom is -0.440 e. The molecule has 1 aliphatic rings. The topological polar surface area (TPSA) is 26.0 Å². The van der Waals surface area contributed by atoms with Crippen LogP contribution in [0.5, 0.6) is 0 Å². The third kappa shape index (κ3) is 2.29. The second kappa shape index (κ2) is 5.13. The van der Waals surface area contributed by atoms with Gasteiger partial charge in [0, 0.05) is 5.92 Å². The first-order chi connectivity index (χ1) is 8.86. The molecule has 1 fully saturated rings. The van der Waals surface area contributed by atoms with Gasteiger partial charge in [-0.3, -0.25) is 0 Å². The highest BCUT2D eigenvalue weighted by Crippen LogP contribution is 2.35. The SMILES string of the molecule is CCCCc1ccc2oc(C3CCCC3)nc2c1. The van der Waals surface area contributed by atoms with Gasteiger partial charge in [0.1, 0.15) is 5.52 Å². The molecule has 0 unspecified atom stereocenters. The lowest BCUT2D eigenvalue weighted by Crippen LogP contribution is -1.91. The van der Waals surface area contributed by atoms with Crippen molar-refractivity contribution >= 4 is 11.1 Å². The molecule has 0 bridgehead atoms. The molecule has 1 heterocycles. The van der Waals surface area contributed by atoms with Crippen LogP contribution in [0.15, 0.2) is 22.6 Å². The highest BCUT2D eigenvalue weighted by Gasteiger charge is 2.22. The third-order valence-corrected chi connectivity index (χ3v) is 3.99. The highest BCUT2D eigenvalue weighted by molar-refractivity contribution is 5.73. The van der Waals surface area contributed by atoms with Crippen LogP contribution in [0.2, 0.25) is 0 Å². The number of aryl methyl sites for hydroxylation is 1. The molecule has 18 heavy (non-hydrogen) atoms. The van der Waals surface area contributed by atoms with Crippen LogP contribution in [0, 0.1) is 0 Å². The lowest BCUT2D eigenvalue weighted by molar-refractivity contribution is 0.474. The van der Waals surface area contributed by atoms with E-state index in [4.69, 9.17) is 9.40 Å². The number of rotatable bonds is 4. The van der Waals surface area contributed by atoms with Crippen molar-refractivity contribution in [3.8, 4) is 0 Å². The number of nitrogens with zero attached hydrogens (tertiary/aromatic N) is 1. The average Bonchev–Trinajstić information content (AvgIpc) is 3.03. The van der Waals surface area contributed by atoms with Crippen LogP contribution in [0.4, 0.5) is 0 Å². The normalized spacial score (nSPS) is 16.7. The van der Waals surface area contributed by atoms with Crippen molar-refractivity contribution < 1.29 is 4.42 Å². The molecule has 0 spiro atoms. The number of hydrogen-bond donors (Lipinski definition) is 0. The van der Waals surface area contributed by atoms with Crippen molar-refractivity contribution in [2.45, 2.75) is 57.8 Å². The average molecular weight is 243 g/mol. The molecule has 3 rings (SSSR count). The minimum absolute atomic E-state index is 0.566. The summed E-state index contributed by atoms with van der Waals surface area (Å²) in [5, 5.41) is 0. The van der Waals surface area contributed by atoms with E-state index < -0.39 is 0 Å². The molecule has 0 atom stereocenters. The number of fused-ring (bicyclic) bond motifs is 1. The first kappa shape index (κ1) is 11.8. The maximum Gasteiger partial charge on any atom is 0.198 e. The summed E-state index contributed by atoms with van der Waals surface area (Å²) in [6.07, 6.45) is 8.78. The van der Waals surface area contributed by atoms with Crippen LogP contribution in [0.25, 0.3) is 11.1 Å². The van der Waals surface area contributed by atoms with Gasteiger partial charge in [0.2, 0.25) is 0 Å². The minimum atomic E-state index is 0.566. The summed E-state index contributed by atoms with van der Waals surface area (Å²) in [6, 6.07) is 6.47. The Hall–Kier alpha value is -1.31. The highest BCUT2D eigenvalue weighted by atomic mass is 16.3. The summed E-state index contributed by atoms with van der Waals surface area (Å²) < 4.78 is 5.90. The summed E-state index contributed by atoms with van der Waals surface area (Å²) in [5.74, 6) is 1.53. The molecule has 2 nitrogen and oxygen atoms in total. The Kier molecular flexibility index (Phi) is 3.35. The molecule has 1 aliphatic carbocycles. The lowest BCUT2D eigenvalue weighted by Gasteiger charge is -2.00. The van der Waals surface area contributed by atoms with Gasteiger partial charge in [0.15, 0.2) is 11.5 Å². The van der Waals surface area contributed by atoms with Gasteiger partial charge in [-0.05, 0) is 43.4 Å². The van der Waals surface area contributed by atoms with Crippen LogP contribution in [-0.2, 0) is 6.42 Å². The van der Waals surface area contributed by atoms with Crippen molar-refractivity contribution in [1.82, 2.24) is 4.98 Å². The maximum atomic E-state index is 5.90. The van der Waals surface area contributed by atoms with Gasteiger partial charge in [-0.1, -0.05) is 32.3 Å². The van der Waals surface area contributed by atoms with E-state index in [0.29, 0.717) is 5.92 Å². The Morgan fingerprint density at radius 3 is 2.89 bits per heavy atom. The van der Waals surface area contributed by atoms with E-state index in [2.05, 4.69) is 25.1 Å². The van der Waals surface area contributed by atoms with Gasteiger partial charge >= 0.3 is 0 Å². The zero-order valence-electron chi connectivity index (χ0n) is 11.1. The number of benzene rings is 1. The summed E-state index contributed by atoms with van der Waals surface area (Å²) in [7, 11) is 0. The molecule has 0 saturated heterocycles. The van der Waals surface area contributed by atoms with Crippen LogP contribution >= 0.6 is 0 Å². The smallest absolute Gasteiger partial charge is 0.198 e. The molecule has 2 aromatic rings. The molecular weight excluding hydrogens is 222 g/mol. The number of oxazole rings is 1. The van der Waals surface area contributed by atoms with Crippen molar-refractivity contribution in [1.29, 1.82) is 0 Å². The van der Waals surface area contributed by atoms with Crippen molar-refractivity contribution in [3.05, 3.63) is 29.7 Å². The summed E-state index contributed by atoms with van der Waals surface area (Å²) in [6.45, 7) is 2.23. The number of hydrogen-bond acceptors (Lipinski definition) is 2. The van der Waals surface area contributed by atoms with Crippen molar-refractivity contribution in [3.63, 3.8) is 0 Å². The van der Waals surface area contributed by atoms with Crippen LogP contribution in [-0.4, -0.2) is 4.98 Å². The molecular formula is C16H21NO. The van der Waals surface area contributed by atoms with Crippen molar-refractivity contribution in [2.24, 2.45) is 0 Å². The lowest BCUT2D eigenvalue weighted by atomic mass is 10.1. The molecule has 0 radical (unpaired) electrons. The van der Waals surface area contributed by atoms with E-state index in [1.54, 1.807) is 0 Å². The summed E-state index contributed by atoms with van der Waals surface area (Å²) >= 11 is 0. The fourth-order valence-corrected chi connectivity index (χ4v) is 2.87. The maximum absolute atomic E-state index is 5.90. The second-order valence-corrected chi connectivity index (χ2v) is 5.44. The molecule has 0 aliphatic heterocycles. The molecule has 0 N–H and O–H groups in total. The van der Waals surface area contributed by atoms with E-state index in [9.17, 15) is 0 Å². The molecule has 1 saturated carbocycles. The van der Waals surface area contributed by atoms with E-state index in [1.807, 2.05) is 0 Å². The first-order valence-corrected chi connectivity index (χ1v) is 7.26. The Labute approximate surface area is 108 Å². The van der Waals surface area contributed by atoms with Gasteiger partial charge in [0.05, 0.1) is 0 Å². The number of unbranched alkanes of at least 4 members (excludes halogenated alkanes) is 1. The predicted molar refractivity (Wildman–Crippen MR) is 73.8 cm³/mol. The predicted octanol–water partition coefficient (Wildman–Crippen LogP) is 4.83. The molecule has 2 heteroatoms. The van der Waals surface area contributed by atoms with E-state index in [0.717, 1.165) is 23.4 Å². The summed E-state index contributed by atoms with van der Waals surface area (Å²) in [4.78, 5) is 4.70. The third-order valence-electron chi connectivity index (χ3n) is 3.99. The zero-order valence-corrected chi connectivity index (χ0v) is 11.1. The van der Waals surface area contributed by atoms with Crippen molar-refractivity contribution in [2.75, 3.05) is 0 Å². The largest absolute Gasteiger partial charge is 0.440 e. The monoisotopic (exact) mass is 243 g/mol. The molecule has 96 valence electrons. The Morgan fingerprint density at radius 2 is 2.11 bits per heavy atom. The first-order valence-electron chi connectivity index (χ1n) is 7.26. The quantitative estimate of drug-likeness (QED) is 0.768. The standard InChI is InChI=1S/C16H21NO/c1-2-3-6-12-9-10-15-14(11-12)17-16(18-15)13-7-4-5-8-13/h9-11,13H,2-8H2,1H3. The fraction of sp³-hybridized carbons (Fsp3) is 0.562. The van der Waals surface area contributed by atoms with Gasteiger partial charge in [-0.25, -0.2) is 4.98 Å². The van der Waals surface area contributed by atoms with E-state index >= 15 is 0 Å². The van der Waals surface area contributed by atoms with Crippen LogP contribution in [0.3, 0.4) is 0 Å². The number of aromatic nitrogens is 1. The Morgan fingerprint density at radius 1 is 1.28 bits per heavy atom. The Balaban J connectivity index is 1.86. The molecule has 0 amide bonds. The zero-order chi connectivity index (χ0) is 12.4. The van der Waals surface area contributed by atoms with Gasteiger partial charge in [0.25, 0.3) is 0 Å². The summed E-state index contributed by atoms with van der Waals surface area (Å²) in [5.41, 5.74) is 3.39. The van der Waals surface area contributed by atoms with Crippen LogP contribution in [0.1, 0.15) is 62.8 Å². The van der Waals surface area contributed by atoms with Crippen LogP contribution < -0.4 is 0 Å². The van der Waals surface area contributed by atoms with E-state index in [-0.39, 0.29) is 0 Å². The van der Waals surface area contributed by atoms with E-state index in [1.165, 1.54) is 44.1 Å². The fourth-order valence-electron chi connectivity index (χ4n) is 2.87. The Bertz CT molecular complexity index is 523. The van der Waals surface area contributed by atoms with Gasteiger partial charge in [-0.15, -0.1) is 0 Å². The second-order valence-electron chi connectivity index (χ2n) is 5.44. The molecule has 1 aromatic heterocycles. The van der Waals surface area contributed by atoms with Gasteiger partial charge < -0.3 is 4.42 Å².